The van der Waals surface area contributed by atoms with E-state index >= 15 is 0 Å². The van der Waals surface area contributed by atoms with E-state index in [0.717, 1.165) is 5.39 Å². The highest BCUT2D eigenvalue weighted by atomic mass is 35.5. The average Bonchev–Trinajstić information content (AvgIpc) is 2.97. The van der Waals surface area contributed by atoms with Gasteiger partial charge in [-0.25, -0.2) is 13.2 Å². The summed E-state index contributed by atoms with van der Waals surface area (Å²) in [4.78, 5) is 33.7. The molecule has 216 valence electrons. The van der Waals surface area contributed by atoms with Gasteiger partial charge in [-0.2, -0.15) is 0 Å². The SMILES string of the molecule is O=C(Nc1ccc(C2CCC2)cc1Cl)N1CCN(C(=O)c2ccc(NS(=O)(=O)c3cccc4cccnc34)cc2)CC1. The molecule has 1 aromatic heterocycles. The van der Waals surface area contributed by atoms with Crippen LogP contribution >= 0.6 is 11.6 Å². The van der Waals surface area contributed by atoms with Gasteiger partial charge in [0.05, 0.1) is 16.2 Å². The topological polar surface area (TPSA) is 112 Å². The molecule has 3 amide bonds. The van der Waals surface area contributed by atoms with E-state index in [1.165, 1.54) is 30.9 Å². The number of carbonyl (C=O) groups excluding carboxylic acids is 2. The fraction of sp³-hybridized carbons (Fsp3) is 0.258. The number of sulfonamides is 1. The normalized spacial score (nSPS) is 15.7. The summed E-state index contributed by atoms with van der Waals surface area (Å²) in [7, 11) is -3.90. The van der Waals surface area contributed by atoms with Crippen molar-refractivity contribution in [1.29, 1.82) is 0 Å². The molecule has 42 heavy (non-hydrogen) atoms. The summed E-state index contributed by atoms with van der Waals surface area (Å²) in [5, 5.41) is 4.15. The molecule has 11 heteroatoms. The van der Waals surface area contributed by atoms with Crippen molar-refractivity contribution in [3.8, 4) is 0 Å². The number of carbonyl (C=O) groups is 2. The fourth-order valence-electron chi connectivity index (χ4n) is 5.30. The van der Waals surface area contributed by atoms with E-state index in [-0.39, 0.29) is 16.8 Å². The molecular formula is C31H30ClN5O4S. The van der Waals surface area contributed by atoms with Crippen LogP contribution in [0.15, 0.2) is 83.9 Å². The van der Waals surface area contributed by atoms with Gasteiger partial charge < -0.3 is 15.1 Å². The number of amides is 3. The van der Waals surface area contributed by atoms with E-state index in [2.05, 4.69) is 15.0 Å². The van der Waals surface area contributed by atoms with Crippen LogP contribution in [-0.2, 0) is 10.0 Å². The summed E-state index contributed by atoms with van der Waals surface area (Å²) < 4.78 is 28.8. The van der Waals surface area contributed by atoms with Crippen molar-refractivity contribution >= 4 is 55.8 Å². The first kappa shape index (κ1) is 28.0. The molecule has 2 fully saturated rings. The highest BCUT2D eigenvalue weighted by molar-refractivity contribution is 7.93. The van der Waals surface area contributed by atoms with Gasteiger partial charge in [-0.05, 0) is 72.9 Å². The molecule has 0 atom stereocenters. The van der Waals surface area contributed by atoms with Crippen LogP contribution in [0.4, 0.5) is 16.2 Å². The number of nitrogens with one attached hydrogen (secondary N) is 2. The van der Waals surface area contributed by atoms with E-state index in [9.17, 15) is 18.0 Å². The summed E-state index contributed by atoms with van der Waals surface area (Å²) in [6.07, 6.45) is 5.15. The zero-order chi connectivity index (χ0) is 29.3. The number of hydrogen-bond acceptors (Lipinski definition) is 5. The average molecular weight is 604 g/mol. The van der Waals surface area contributed by atoms with Gasteiger partial charge in [-0.15, -0.1) is 0 Å². The Morgan fingerprint density at radius 3 is 2.29 bits per heavy atom. The van der Waals surface area contributed by atoms with Crippen molar-refractivity contribution in [2.75, 3.05) is 36.2 Å². The first-order valence-corrected chi connectivity index (χ1v) is 15.8. The maximum atomic E-state index is 13.1. The lowest BCUT2D eigenvalue weighted by Crippen LogP contribution is -2.51. The molecule has 2 N–H and O–H groups in total. The Hall–Kier alpha value is -4.15. The number of urea groups is 1. The van der Waals surface area contributed by atoms with E-state index in [0.29, 0.717) is 59.6 Å². The number of rotatable bonds is 6. The molecule has 1 saturated carbocycles. The smallest absolute Gasteiger partial charge is 0.322 e. The minimum atomic E-state index is -3.90. The van der Waals surface area contributed by atoms with Gasteiger partial charge in [-0.3, -0.25) is 14.5 Å². The van der Waals surface area contributed by atoms with Crippen LogP contribution in [0, 0.1) is 0 Å². The summed E-state index contributed by atoms with van der Waals surface area (Å²) >= 11 is 6.44. The number of halogens is 1. The summed E-state index contributed by atoms with van der Waals surface area (Å²) in [6.45, 7) is 1.52. The zero-order valence-corrected chi connectivity index (χ0v) is 24.4. The Morgan fingerprint density at radius 2 is 1.60 bits per heavy atom. The molecule has 6 rings (SSSR count). The van der Waals surface area contributed by atoms with Crippen molar-refractivity contribution in [3.05, 3.63) is 95.1 Å². The number of aromatic nitrogens is 1. The second-order valence-electron chi connectivity index (χ2n) is 10.6. The molecule has 0 bridgehead atoms. The lowest BCUT2D eigenvalue weighted by atomic mass is 9.80. The molecule has 4 aromatic rings. The predicted octanol–water partition coefficient (Wildman–Crippen LogP) is 5.95. The molecular weight excluding hydrogens is 574 g/mol. The third-order valence-electron chi connectivity index (χ3n) is 7.93. The molecule has 0 radical (unpaired) electrons. The minimum absolute atomic E-state index is 0.0793. The molecule has 9 nitrogen and oxygen atoms in total. The van der Waals surface area contributed by atoms with Gasteiger partial charge in [0.25, 0.3) is 15.9 Å². The van der Waals surface area contributed by atoms with Crippen LogP contribution in [0.5, 0.6) is 0 Å². The Labute approximate surface area is 249 Å². The number of nitrogens with zero attached hydrogens (tertiary/aromatic N) is 3. The number of anilines is 2. The third kappa shape index (κ3) is 5.77. The fourth-order valence-corrected chi connectivity index (χ4v) is 6.78. The van der Waals surface area contributed by atoms with Crippen LogP contribution in [0.25, 0.3) is 10.9 Å². The minimum Gasteiger partial charge on any atom is -0.335 e. The van der Waals surface area contributed by atoms with Gasteiger partial charge in [0, 0.05) is 49.0 Å². The molecule has 1 aliphatic carbocycles. The number of piperazine rings is 1. The monoisotopic (exact) mass is 603 g/mol. The number of benzene rings is 3. The quantitative estimate of drug-likeness (QED) is 0.283. The maximum Gasteiger partial charge on any atom is 0.322 e. The number of fused-ring (bicyclic) bond motifs is 1. The van der Waals surface area contributed by atoms with Crippen molar-refractivity contribution in [1.82, 2.24) is 14.8 Å². The van der Waals surface area contributed by atoms with E-state index < -0.39 is 10.0 Å². The number of para-hydroxylation sites is 1. The molecule has 2 heterocycles. The Balaban J connectivity index is 1.04. The van der Waals surface area contributed by atoms with Gasteiger partial charge in [0.15, 0.2) is 0 Å². The molecule has 0 spiro atoms. The van der Waals surface area contributed by atoms with Crippen molar-refractivity contribution in [3.63, 3.8) is 0 Å². The second-order valence-corrected chi connectivity index (χ2v) is 12.6. The van der Waals surface area contributed by atoms with E-state index in [4.69, 9.17) is 11.6 Å². The second kappa shape index (κ2) is 11.6. The van der Waals surface area contributed by atoms with Gasteiger partial charge in [-0.1, -0.05) is 42.3 Å². The van der Waals surface area contributed by atoms with Crippen LogP contribution in [0.3, 0.4) is 0 Å². The number of pyridine rings is 1. The maximum absolute atomic E-state index is 13.1. The summed E-state index contributed by atoms with van der Waals surface area (Å²) in [6, 6.07) is 20.4. The summed E-state index contributed by atoms with van der Waals surface area (Å²) in [5.41, 5.74) is 2.94. The summed E-state index contributed by atoms with van der Waals surface area (Å²) in [5.74, 6) is 0.378. The largest absolute Gasteiger partial charge is 0.335 e. The van der Waals surface area contributed by atoms with E-state index in [1.807, 2.05) is 18.2 Å². The molecule has 0 unspecified atom stereocenters. The van der Waals surface area contributed by atoms with Crippen LogP contribution in [0.2, 0.25) is 5.02 Å². The first-order valence-electron chi connectivity index (χ1n) is 13.9. The predicted molar refractivity (Wildman–Crippen MR) is 164 cm³/mol. The van der Waals surface area contributed by atoms with Gasteiger partial charge >= 0.3 is 6.03 Å². The molecule has 3 aromatic carbocycles. The van der Waals surface area contributed by atoms with Crippen LogP contribution in [0.1, 0.15) is 41.1 Å². The van der Waals surface area contributed by atoms with Crippen LogP contribution in [-0.4, -0.2) is 61.3 Å². The standard InChI is InChI=1S/C31H30ClN5O4S/c32-26-20-24(21-4-1-5-21)11-14-27(26)34-31(39)37-18-16-36(17-19-37)30(38)23-9-12-25(13-10-23)35-42(40,41)28-8-2-6-22-7-3-15-33-29(22)28/h2-3,6-15,20-21,35H,1,4-5,16-19H2,(H,34,39). The number of hydrogen-bond donors (Lipinski definition) is 2. The lowest BCUT2D eigenvalue weighted by Gasteiger charge is -2.35. The highest BCUT2D eigenvalue weighted by Crippen LogP contribution is 2.38. The Bertz CT molecular complexity index is 1750. The molecule has 2 aliphatic rings. The van der Waals surface area contributed by atoms with Gasteiger partial charge in [0.1, 0.15) is 4.90 Å². The third-order valence-corrected chi connectivity index (χ3v) is 9.66. The van der Waals surface area contributed by atoms with Crippen LogP contribution < -0.4 is 10.0 Å². The Morgan fingerprint density at radius 1 is 0.881 bits per heavy atom. The molecule has 1 aliphatic heterocycles. The lowest BCUT2D eigenvalue weighted by molar-refractivity contribution is 0.0671. The van der Waals surface area contributed by atoms with Crippen molar-refractivity contribution in [2.24, 2.45) is 0 Å². The van der Waals surface area contributed by atoms with Crippen molar-refractivity contribution < 1.29 is 18.0 Å². The first-order chi connectivity index (χ1) is 20.3. The van der Waals surface area contributed by atoms with Gasteiger partial charge in [0.2, 0.25) is 0 Å². The zero-order valence-electron chi connectivity index (χ0n) is 22.8. The molecule has 1 saturated heterocycles. The highest BCUT2D eigenvalue weighted by Gasteiger charge is 2.26. The Kier molecular flexibility index (Phi) is 7.74. The van der Waals surface area contributed by atoms with Crippen molar-refractivity contribution in [2.45, 2.75) is 30.1 Å². The van der Waals surface area contributed by atoms with E-state index in [1.54, 1.807) is 64.5 Å².